The van der Waals surface area contributed by atoms with E-state index in [4.69, 9.17) is 0 Å². The maximum absolute atomic E-state index is 11.7. The van der Waals surface area contributed by atoms with Crippen LogP contribution in [-0.2, 0) is 11.2 Å². The van der Waals surface area contributed by atoms with E-state index in [0.717, 1.165) is 31.6 Å². The van der Waals surface area contributed by atoms with Gasteiger partial charge in [0.25, 0.3) is 0 Å². The van der Waals surface area contributed by atoms with Gasteiger partial charge in [0.15, 0.2) is 0 Å². The first-order valence-electron chi connectivity index (χ1n) is 6.97. The number of Topliss-reactive ketones (excluding diaryl/α,β-unsaturated/α-hetero) is 1. The van der Waals surface area contributed by atoms with Gasteiger partial charge >= 0.3 is 0 Å². The van der Waals surface area contributed by atoms with Crippen LogP contribution in [0, 0.1) is 0 Å². The van der Waals surface area contributed by atoms with Crippen LogP contribution in [0.15, 0.2) is 12.3 Å². The van der Waals surface area contributed by atoms with E-state index in [0.29, 0.717) is 18.9 Å². The van der Waals surface area contributed by atoms with Crippen LogP contribution in [0.5, 0.6) is 0 Å². The molecule has 0 atom stereocenters. The Morgan fingerprint density at radius 1 is 1.39 bits per heavy atom. The maximum atomic E-state index is 11.7. The fraction of sp³-hybridized carbons (Fsp3) is 0.714. The van der Waals surface area contributed by atoms with Gasteiger partial charge in [-0.3, -0.25) is 9.48 Å². The molecular formula is C14H25N3O. The molecule has 4 nitrogen and oxygen atoms in total. The number of rotatable bonds is 9. The molecule has 1 heterocycles. The van der Waals surface area contributed by atoms with Crippen molar-refractivity contribution in [2.24, 2.45) is 0 Å². The summed E-state index contributed by atoms with van der Waals surface area (Å²) in [5.41, 5.74) is 0.892. The first-order valence-corrected chi connectivity index (χ1v) is 6.97. The summed E-state index contributed by atoms with van der Waals surface area (Å²) in [6, 6.07) is 2.42. The summed E-state index contributed by atoms with van der Waals surface area (Å²) < 4.78 is 1.99. The molecule has 0 unspecified atom stereocenters. The monoisotopic (exact) mass is 251 g/mol. The second-order valence-corrected chi connectivity index (χ2v) is 4.58. The number of hydrogen-bond donors (Lipinski definition) is 1. The molecule has 0 saturated carbocycles. The molecule has 1 aromatic rings. The third kappa shape index (κ3) is 4.61. The number of aromatic nitrogens is 2. The summed E-state index contributed by atoms with van der Waals surface area (Å²) >= 11 is 0. The van der Waals surface area contributed by atoms with Crippen molar-refractivity contribution in [2.75, 3.05) is 13.1 Å². The second kappa shape index (κ2) is 8.03. The lowest BCUT2D eigenvalue weighted by Crippen LogP contribution is -2.18. The summed E-state index contributed by atoms with van der Waals surface area (Å²) in [7, 11) is 0. The smallest absolute Gasteiger partial charge is 0.140 e. The summed E-state index contributed by atoms with van der Waals surface area (Å²) in [5, 5.41) is 7.66. The molecule has 1 rings (SSSR count). The summed E-state index contributed by atoms with van der Waals surface area (Å²) in [5.74, 6) is 0.255. The summed E-state index contributed by atoms with van der Waals surface area (Å²) in [4.78, 5) is 11.7. The highest BCUT2D eigenvalue weighted by atomic mass is 16.1. The third-order valence-electron chi connectivity index (χ3n) is 3.19. The van der Waals surface area contributed by atoms with Crippen LogP contribution in [0.1, 0.15) is 51.8 Å². The molecule has 4 heteroatoms. The zero-order valence-electron chi connectivity index (χ0n) is 11.8. The lowest BCUT2D eigenvalue weighted by atomic mass is 10.2. The van der Waals surface area contributed by atoms with Crippen molar-refractivity contribution in [3.05, 3.63) is 18.0 Å². The Labute approximate surface area is 110 Å². The molecular weight excluding hydrogens is 226 g/mol. The minimum Gasteiger partial charge on any atom is -0.317 e. The van der Waals surface area contributed by atoms with E-state index in [2.05, 4.69) is 24.3 Å². The van der Waals surface area contributed by atoms with Crippen molar-refractivity contribution in [3.8, 4) is 0 Å². The molecule has 102 valence electrons. The SMILES string of the molecule is CCNCCC(=O)Cc1ccn(C(CC)CC)n1. The van der Waals surface area contributed by atoms with E-state index in [1.54, 1.807) is 0 Å². The number of hydrogen-bond acceptors (Lipinski definition) is 3. The van der Waals surface area contributed by atoms with Gasteiger partial charge in [0.1, 0.15) is 5.78 Å². The molecule has 0 amide bonds. The molecule has 0 saturated heterocycles. The normalized spacial score (nSPS) is 11.1. The largest absolute Gasteiger partial charge is 0.317 e. The molecule has 18 heavy (non-hydrogen) atoms. The standard InChI is InChI=1S/C14H25N3O/c1-4-13(5-2)17-10-8-12(16-17)11-14(18)7-9-15-6-3/h8,10,13,15H,4-7,9,11H2,1-3H3. The third-order valence-corrected chi connectivity index (χ3v) is 3.19. The molecule has 1 N–H and O–H groups in total. The summed E-state index contributed by atoms with van der Waals surface area (Å²) in [6.45, 7) is 8.05. The zero-order valence-corrected chi connectivity index (χ0v) is 11.8. The molecule has 0 aromatic carbocycles. The van der Waals surface area contributed by atoms with Crippen LogP contribution < -0.4 is 5.32 Å². The highest BCUT2D eigenvalue weighted by Gasteiger charge is 2.10. The van der Waals surface area contributed by atoms with E-state index < -0.39 is 0 Å². The first-order chi connectivity index (χ1) is 8.71. The number of nitrogens with zero attached hydrogens (tertiary/aromatic N) is 2. The predicted molar refractivity (Wildman–Crippen MR) is 73.7 cm³/mol. The van der Waals surface area contributed by atoms with E-state index >= 15 is 0 Å². The molecule has 0 aliphatic heterocycles. The van der Waals surface area contributed by atoms with Gasteiger partial charge in [-0.25, -0.2) is 0 Å². The lowest BCUT2D eigenvalue weighted by molar-refractivity contribution is -0.118. The van der Waals surface area contributed by atoms with Gasteiger partial charge in [-0.05, 0) is 25.5 Å². The van der Waals surface area contributed by atoms with Crippen LogP contribution in [0.25, 0.3) is 0 Å². The minimum atomic E-state index is 0.255. The van der Waals surface area contributed by atoms with Crippen molar-refractivity contribution in [1.82, 2.24) is 15.1 Å². The minimum absolute atomic E-state index is 0.255. The molecule has 1 aromatic heterocycles. The topological polar surface area (TPSA) is 46.9 Å². The maximum Gasteiger partial charge on any atom is 0.140 e. The second-order valence-electron chi connectivity index (χ2n) is 4.58. The molecule has 0 aliphatic carbocycles. The predicted octanol–water partition coefficient (Wildman–Crippen LogP) is 2.36. The Balaban J connectivity index is 2.45. The highest BCUT2D eigenvalue weighted by Crippen LogP contribution is 2.14. The molecule has 0 aliphatic rings. The van der Waals surface area contributed by atoms with Crippen LogP contribution in [0.3, 0.4) is 0 Å². The van der Waals surface area contributed by atoms with Gasteiger partial charge in [0, 0.05) is 19.2 Å². The van der Waals surface area contributed by atoms with Crippen molar-refractivity contribution >= 4 is 5.78 Å². The zero-order chi connectivity index (χ0) is 13.4. The van der Waals surface area contributed by atoms with Gasteiger partial charge in [-0.2, -0.15) is 5.10 Å². The van der Waals surface area contributed by atoms with Gasteiger partial charge in [-0.15, -0.1) is 0 Å². The average Bonchev–Trinajstić information content (AvgIpc) is 2.79. The quantitative estimate of drug-likeness (QED) is 0.685. The van der Waals surface area contributed by atoms with Crippen LogP contribution in [0.2, 0.25) is 0 Å². The molecule has 0 bridgehead atoms. The number of carbonyl (C=O) groups is 1. The average molecular weight is 251 g/mol. The fourth-order valence-electron chi connectivity index (χ4n) is 2.03. The Bertz CT molecular complexity index is 356. The highest BCUT2D eigenvalue weighted by molar-refractivity contribution is 5.80. The van der Waals surface area contributed by atoms with Gasteiger partial charge in [0.05, 0.1) is 18.2 Å². The molecule has 0 spiro atoms. The van der Waals surface area contributed by atoms with Crippen molar-refractivity contribution in [2.45, 2.75) is 52.5 Å². The Hall–Kier alpha value is -1.16. The Morgan fingerprint density at radius 2 is 2.11 bits per heavy atom. The van der Waals surface area contributed by atoms with Crippen molar-refractivity contribution in [1.29, 1.82) is 0 Å². The first kappa shape index (κ1) is 14.9. The van der Waals surface area contributed by atoms with E-state index in [9.17, 15) is 4.79 Å². The fourth-order valence-corrected chi connectivity index (χ4v) is 2.03. The number of ketones is 1. The molecule has 0 radical (unpaired) electrons. The Kier molecular flexibility index (Phi) is 6.65. The van der Waals surface area contributed by atoms with Crippen LogP contribution >= 0.6 is 0 Å². The van der Waals surface area contributed by atoms with Crippen LogP contribution in [-0.4, -0.2) is 28.7 Å². The Morgan fingerprint density at radius 3 is 2.72 bits per heavy atom. The van der Waals surface area contributed by atoms with Crippen LogP contribution in [0.4, 0.5) is 0 Å². The van der Waals surface area contributed by atoms with Crippen molar-refractivity contribution < 1.29 is 4.79 Å². The number of carbonyl (C=O) groups excluding carboxylic acids is 1. The van der Waals surface area contributed by atoms with Crippen molar-refractivity contribution in [3.63, 3.8) is 0 Å². The van der Waals surface area contributed by atoms with Gasteiger partial charge < -0.3 is 5.32 Å². The molecule has 0 fully saturated rings. The van der Waals surface area contributed by atoms with Gasteiger partial charge in [0.2, 0.25) is 0 Å². The van der Waals surface area contributed by atoms with E-state index in [-0.39, 0.29) is 5.78 Å². The van der Waals surface area contributed by atoms with E-state index in [1.807, 2.05) is 23.9 Å². The number of nitrogens with one attached hydrogen (secondary N) is 1. The summed E-state index contributed by atoms with van der Waals surface area (Å²) in [6.07, 6.45) is 5.19. The van der Waals surface area contributed by atoms with E-state index in [1.165, 1.54) is 0 Å². The lowest BCUT2D eigenvalue weighted by Gasteiger charge is -2.12. The van der Waals surface area contributed by atoms with Gasteiger partial charge in [-0.1, -0.05) is 20.8 Å².